The molecule has 1 atom stereocenters. The van der Waals surface area contributed by atoms with Crippen LogP contribution in [0.5, 0.6) is 0 Å². The molecule has 4 nitrogen and oxygen atoms in total. The highest BCUT2D eigenvalue weighted by atomic mass is 16.5. The van der Waals surface area contributed by atoms with Crippen molar-refractivity contribution in [3.8, 4) is 0 Å². The first-order valence-corrected chi connectivity index (χ1v) is 8.37. The normalized spacial score (nSPS) is 17.3. The average Bonchev–Trinajstić information content (AvgIpc) is 3.00. The third-order valence-electron chi connectivity index (χ3n) is 4.36. The topological polar surface area (TPSA) is 37.6 Å². The molecule has 3 rings (SSSR count). The van der Waals surface area contributed by atoms with E-state index in [1.807, 2.05) is 13.0 Å². The summed E-state index contributed by atoms with van der Waals surface area (Å²) in [6, 6.07) is 13.1. The largest absolute Gasteiger partial charge is 0.465 e. The van der Waals surface area contributed by atoms with E-state index in [2.05, 4.69) is 47.5 Å². The highest BCUT2D eigenvalue weighted by Gasteiger charge is 2.24. The maximum Gasteiger partial charge on any atom is 0.122 e. The Morgan fingerprint density at radius 3 is 2.43 bits per heavy atom. The van der Waals surface area contributed by atoms with Crippen molar-refractivity contribution in [3.63, 3.8) is 0 Å². The summed E-state index contributed by atoms with van der Waals surface area (Å²) in [5, 5.41) is 3.58. The molecule has 1 aliphatic rings. The molecule has 0 bridgehead atoms. The van der Waals surface area contributed by atoms with Gasteiger partial charge < -0.3 is 14.5 Å². The molecule has 1 aliphatic heterocycles. The SMILES string of the molecule is Cc1ccc(CNCC(c2ccc(C)o2)N2CCOCC2)cc1. The minimum absolute atomic E-state index is 0.262. The standard InChI is InChI=1S/C19H26N2O2/c1-15-3-6-17(7-4-15)13-20-14-18(19-8-5-16(2)23-19)21-9-11-22-12-10-21/h3-8,18,20H,9-14H2,1-2H3. The number of nitrogens with one attached hydrogen (secondary N) is 1. The Hall–Kier alpha value is -1.62. The number of nitrogens with zero attached hydrogens (tertiary/aromatic N) is 1. The van der Waals surface area contributed by atoms with Crippen molar-refractivity contribution < 1.29 is 9.15 Å². The fourth-order valence-electron chi connectivity index (χ4n) is 2.99. The van der Waals surface area contributed by atoms with Crippen molar-refractivity contribution in [2.45, 2.75) is 26.4 Å². The minimum Gasteiger partial charge on any atom is -0.465 e. The fourth-order valence-corrected chi connectivity index (χ4v) is 2.99. The van der Waals surface area contributed by atoms with Crippen LogP contribution in [0.2, 0.25) is 0 Å². The van der Waals surface area contributed by atoms with E-state index in [0.29, 0.717) is 0 Å². The molecule has 1 aromatic carbocycles. The van der Waals surface area contributed by atoms with E-state index in [9.17, 15) is 0 Å². The van der Waals surface area contributed by atoms with Gasteiger partial charge in [0.15, 0.2) is 0 Å². The second-order valence-corrected chi connectivity index (χ2v) is 6.23. The number of benzene rings is 1. The molecule has 1 aromatic heterocycles. The van der Waals surface area contributed by atoms with Gasteiger partial charge in [0.2, 0.25) is 0 Å². The van der Waals surface area contributed by atoms with Crippen LogP contribution in [0.3, 0.4) is 0 Å². The molecule has 2 heterocycles. The molecule has 4 heteroatoms. The summed E-state index contributed by atoms with van der Waals surface area (Å²) >= 11 is 0. The first-order chi connectivity index (χ1) is 11.2. The molecule has 1 unspecified atom stereocenters. The number of ether oxygens (including phenoxy) is 1. The van der Waals surface area contributed by atoms with E-state index in [0.717, 1.165) is 50.9 Å². The molecule has 0 radical (unpaired) electrons. The lowest BCUT2D eigenvalue weighted by Crippen LogP contribution is -2.42. The Labute approximate surface area is 138 Å². The second-order valence-electron chi connectivity index (χ2n) is 6.23. The summed E-state index contributed by atoms with van der Waals surface area (Å²) in [5.41, 5.74) is 2.61. The summed E-state index contributed by atoms with van der Waals surface area (Å²) < 4.78 is 11.4. The molecule has 124 valence electrons. The average molecular weight is 314 g/mol. The Morgan fingerprint density at radius 1 is 1.04 bits per heavy atom. The highest BCUT2D eigenvalue weighted by Crippen LogP contribution is 2.23. The van der Waals surface area contributed by atoms with Crippen molar-refractivity contribution in [1.29, 1.82) is 0 Å². The Morgan fingerprint density at radius 2 is 1.78 bits per heavy atom. The third-order valence-corrected chi connectivity index (χ3v) is 4.36. The Kier molecular flexibility index (Phi) is 5.49. The van der Waals surface area contributed by atoms with Crippen LogP contribution in [-0.2, 0) is 11.3 Å². The van der Waals surface area contributed by atoms with Crippen LogP contribution in [0.15, 0.2) is 40.8 Å². The number of hydrogen-bond acceptors (Lipinski definition) is 4. The number of aryl methyl sites for hydroxylation is 2. The van der Waals surface area contributed by atoms with Crippen LogP contribution in [0.25, 0.3) is 0 Å². The van der Waals surface area contributed by atoms with Gasteiger partial charge in [-0.25, -0.2) is 0 Å². The molecular formula is C19H26N2O2. The number of hydrogen-bond donors (Lipinski definition) is 1. The smallest absolute Gasteiger partial charge is 0.122 e. The van der Waals surface area contributed by atoms with Gasteiger partial charge in [0.25, 0.3) is 0 Å². The molecule has 2 aromatic rings. The maximum absolute atomic E-state index is 5.89. The zero-order chi connectivity index (χ0) is 16.1. The van der Waals surface area contributed by atoms with Crippen molar-refractivity contribution >= 4 is 0 Å². The summed E-state index contributed by atoms with van der Waals surface area (Å²) in [6.07, 6.45) is 0. The Balaban J connectivity index is 1.62. The van der Waals surface area contributed by atoms with Crippen LogP contribution >= 0.6 is 0 Å². The van der Waals surface area contributed by atoms with Crippen molar-refractivity contribution in [2.75, 3.05) is 32.8 Å². The molecular weight excluding hydrogens is 288 g/mol. The van der Waals surface area contributed by atoms with Crippen LogP contribution in [-0.4, -0.2) is 37.7 Å². The van der Waals surface area contributed by atoms with Gasteiger partial charge in [-0.1, -0.05) is 29.8 Å². The number of morpholine rings is 1. The summed E-state index contributed by atoms with van der Waals surface area (Å²) in [7, 11) is 0. The van der Waals surface area contributed by atoms with E-state index in [1.165, 1.54) is 11.1 Å². The van der Waals surface area contributed by atoms with E-state index in [1.54, 1.807) is 0 Å². The van der Waals surface area contributed by atoms with Crippen LogP contribution < -0.4 is 5.32 Å². The van der Waals surface area contributed by atoms with Crippen molar-refractivity contribution in [3.05, 3.63) is 59.0 Å². The van der Waals surface area contributed by atoms with Crippen molar-refractivity contribution in [1.82, 2.24) is 10.2 Å². The summed E-state index contributed by atoms with van der Waals surface area (Å²) in [4.78, 5) is 2.45. The molecule has 23 heavy (non-hydrogen) atoms. The molecule has 0 amide bonds. The monoisotopic (exact) mass is 314 g/mol. The predicted octanol–water partition coefficient (Wildman–Crippen LogP) is 3.06. The fraction of sp³-hybridized carbons (Fsp3) is 0.474. The van der Waals surface area contributed by atoms with E-state index < -0.39 is 0 Å². The van der Waals surface area contributed by atoms with E-state index in [4.69, 9.17) is 9.15 Å². The lowest BCUT2D eigenvalue weighted by Gasteiger charge is -2.33. The van der Waals surface area contributed by atoms with Gasteiger partial charge in [-0.3, -0.25) is 4.90 Å². The third kappa shape index (κ3) is 4.44. The highest BCUT2D eigenvalue weighted by molar-refractivity contribution is 5.21. The zero-order valence-corrected chi connectivity index (χ0v) is 14.0. The van der Waals surface area contributed by atoms with E-state index in [-0.39, 0.29) is 6.04 Å². The molecule has 0 spiro atoms. The summed E-state index contributed by atoms with van der Waals surface area (Å²) in [5.74, 6) is 2.01. The van der Waals surface area contributed by atoms with Crippen molar-refractivity contribution in [2.24, 2.45) is 0 Å². The molecule has 1 fully saturated rings. The first kappa shape index (κ1) is 16.2. The lowest BCUT2D eigenvalue weighted by molar-refractivity contribution is 0.0115. The predicted molar refractivity (Wildman–Crippen MR) is 91.5 cm³/mol. The van der Waals surface area contributed by atoms with Crippen LogP contribution in [0.1, 0.15) is 28.7 Å². The molecule has 0 aliphatic carbocycles. The van der Waals surface area contributed by atoms with Crippen LogP contribution in [0.4, 0.5) is 0 Å². The van der Waals surface area contributed by atoms with Gasteiger partial charge in [-0.05, 0) is 31.5 Å². The first-order valence-electron chi connectivity index (χ1n) is 8.37. The van der Waals surface area contributed by atoms with Gasteiger partial charge in [-0.2, -0.15) is 0 Å². The summed E-state index contributed by atoms with van der Waals surface area (Å²) in [6.45, 7) is 9.38. The van der Waals surface area contributed by atoms with Gasteiger partial charge in [0.05, 0.1) is 19.3 Å². The van der Waals surface area contributed by atoms with E-state index >= 15 is 0 Å². The second kappa shape index (κ2) is 7.77. The van der Waals surface area contributed by atoms with Crippen LogP contribution in [0, 0.1) is 13.8 Å². The van der Waals surface area contributed by atoms with Gasteiger partial charge in [0, 0.05) is 26.2 Å². The molecule has 0 saturated carbocycles. The number of rotatable bonds is 6. The maximum atomic E-state index is 5.89. The lowest BCUT2D eigenvalue weighted by atomic mass is 10.1. The number of furan rings is 1. The van der Waals surface area contributed by atoms with Gasteiger partial charge >= 0.3 is 0 Å². The quantitative estimate of drug-likeness (QED) is 0.889. The molecule has 1 N–H and O–H groups in total. The Bertz CT molecular complexity index is 600. The van der Waals surface area contributed by atoms with Gasteiger partial charge in [0.1, 0.15) is 11.5 Å². The van der Waals surface area contributed by atoms with Gasteiger partial charge in [-0.15, -0.1) is 0 Å². The zero-order valence-electron chi connectivity index (χ0n) is 14.0. The minimum atomic E-state index is 0.262. The molecule has 1 saturated heterocycles.